The fourth-order valence-electron chi connectivity index (χ4n) is 2.43. The Morgan fingerprint density at radius 1 is 1.44 bits per heavy atom. The minimum atomic E-state index is -0.0968. The standard InChI is InChI=1S/C13H16N4O/c18-13-12-10(4-3-7-15-12)8-16-17(13)9-11-5-1-2-6-14-11/h3-4,7-8,11,14H,1-2,5-6,9H2. The zero-order valence-corrected chi connectivity index (χ0v) is 10.2. The van der Waals surface area contributed by atoms with Crippen molar-refractivity contribution in [2.24, 2.45) is 0 Å². The molecule has 5 nitrogen and oxygen atoms in total. The van der Waals surface area contributed by atoms with Gasteiger partial charge in [-0.3, -0.25) is 9.78 Å². The Morgan fingerprint density at radius 3 is 3.22 bits per heavy atom. The molecule has 3 heterocycles. The van der Waals surface area contributed by atoms with E-state index < -0.39 is 0 Å². The lowest BCUT2D eigenvalue weighted by Gasteiger charge is -2.23. The van der Waals surface area contributed by atoms with Crippen LogP contribution in [0.5, 0.6) is 0 Å². The molecule has 18 heavy (non-hydrogen) atoms. The molecule has 0 aliphatic carbocycles. The minimum absolute atomic E-state index is 0.0968. The van der Waals surface area contributed by atoms with Crippen molar-refractivity contribution in [3.05, 3.63) is 34.9 Å². The van der Waals surface area contributed by atoms with Gasteiger partial charge in [0.1, 0.15) is 5.52 Å². The SMILES string of the molecule is O=c1c2ncccc2cnn1CC1CCCCN1. The van der Waals surface area contributed by atoms with Gasteiger partial charge in [0.05, 0.1) is 12.7 Å². The first-order valence-electron chi connectivity index (χ1n) is 6.39. The van der Waals surface area contributed by atoms with Crippen molar-refractivity contribution < 1.29 is 0 Å². The second-order valence-corrected chi connectivity index (χ2v) is 4.72. The van der Waals surface area contributed by atoms with Gasteiger partial charge in [-0.05, 0) is 31.5 Å². The summed E-state index contributed by atoms with van der Waals surface area (Å²) in [4.78, 5) is 16.4. The summed E-state index contributed by atoms with van der Waals surface area (Å²) in [5, 5.41) is 8.45. The molecule has 1 saturated heterocycles. The lowest BCUT2D eigenvalue weighted by atomic mass is 10.1. The van der Waals surface area contributed by atoms with Crippen LogP contribution in [-0.2, 0) is 6.54 Å². The van der Waals surface area contributed by atoms with Crippen molar-refractivity contribution in [2.45, 2.75) is 31.8 Å². The van der Waals surface area contributed by atoms with E-state index in [0.29, 0.717) is 18.1 Å². The maximum absolute atomic E-state index is 12.2. The van der Waals surface area contributed by atoms with Crippen molar-refractivity contribution in [1.82, 2.24) is 20.1 Å². The zero-order valence-electron chi connectivity index (χ0n) is 10.2. The van der Waals surface area contributed by atoms with E-state index in [1.165, 1.54) is 17.5 Å². The van der Waals surface area contributed by atoms with Gasteiger partial charge in [-0.25, -0.2) is 4.68 Å². The highest BCUT2D eigenvalue weighted by molar-refractivity contribution is 5.75. The van der Waals surface area contributed by atoms with Crippen molar-refractivity contribution in [3.8, 4) is 0 Å². The molecule has 0 bridgehead atoms. The summed E-state index contributed by atoms with van der Waals surface area (Å²) in [7, 11) is 0. The van der Waals surface area contributed by atoms with E-state index in [2.05, 4.69) is 15.4 Å². The molecule has 1 atom stereocenters. The van der Waals surface area contributed by atoms with Gasteiger partial charge in [0, 0.05) is 17.6 Å². The number of hydrogen-bond donors (Lipinski definition) is 1. The Morgan fingerprint density at radius 2 is 2.39 bits per heavy atom. The number of piperidine rings is 1. The third-order valence-corrected chi connectivity index (χ3v) is 3.42. The number of nitrogens with zero attached hydrogens (tertiary/aromatic N) is 3. The maximum Gasteiger partial charge on any atom is 0.293 e. The summed E-state index contributed by atoms with van der Waals surface area (Å²) in [6, 6.07) is 4.03. The highest BCUT2D eigenvalue weighted by Crippen LogP contribution is 2.09. The van der Waals surface area contributed by atoms with Crippen LogP contribution in [0.25, 0.3) is 10.9 Å². The first-order valence-corrected chi connectivity index (χ1v) is 6.39. The molecule has 1 aliphatic rings. The molecule has 1 aliphatic heterocycles. The normalized spacial score (nSPS) is 20.1. The minimum Gasteiger partial charge on any atom is -0.312 e. The maximum atomic E-state index is 12.2. The molecule has 1 fully saturated rings. The van der Waals surface area contributed by atoms with Crippen molar-refractivity contribution >= 4 is 10.9 Å². The Hall–Kier alpha value is -1.75. The number of hydrogen-bond acceptors (Lipinski definition) is 4. The van der Waals surface area contributed by atoms with Gasteiger partial charge in [0.2, 0.25) is 0 Å². The lowest BCUT2D eigenvalue weighted by molar-refractivity contribution is 0.346. The molecule has 2 aromatic rings. The van der Waals surface area contributed by atoms with Gasteiger partial charge in [0.15, 0.2) is 0 Å². The summed E-state index contributed by atoms with van der Waals surface area (Å²) >= 11 is 0. The van der Waals surface area contributed by atoms with E-state index in [1.54, 1.807) is 12.4 Å². The Bertz CT molecular complexity index is 601. The molecule has 0 radical (unpaired) electrons. The van der Waals surface area contributed by atoms with Gasteiger partial charge >= 0.3 is 0 Å². The predicted molar refractivity (Wildman–Crippen MR) is 69.4 cm³/mol. The zero-order chi connectivity index (χ0) is 12.4. The summed E-state index contributed by atoms with van der Waals surface area (Å²) in [5.41, 5.74) is 0.406. The van der Waals surface area contributed by atoms with Crippen LogP contribution in [0.15, 0.2) is 29.3 Å². The summed E-state index contributed by atoms with van der Waals surface area (Å²) < 4.78 is 1.53. The van der Waals surface area contributed by atoms with E-state index in [4.69, 9.17) is 0 Å². The number of aromatic nitrogens is 3. The first-order chi connectivity index (χ1) is 8.84. The Labute approximate surface area is 105 Å². The second kappa shape index (κ2) is 4.86. The van der Waals surface area contributed by atoms with Gasteiger partial charge in [-0.2, -0.15) is 5.10 Å². The highest BCUT2D eigenvalue weighted by atomic mass is 16.1. The molecule has 3 rings (SSSR count). The molecule has 1 N–H and O–H groups in total. The van der Waals surface area contributed by atoms with Gasteiger partial charge in [-0.15, -0.1) is 0 Å². The van der Waals surface area contributed by atoms with E-state index in [1.807, 2.05) is 12.1 Å². The smallest absolute Gasteiger partial charge is 0.293 e. The summed E-state index contributed by atoms with van der Waals surface area (Å²) in [5.74, 6) is 0. The predicted octanol–water partition coefficient (Wildman–Crippen LogP) is 0.934. The third-order valence-electron chi connectivity index (χ3n) is 3.42. The Kier molecular flexibility index (Phi) is 3.06. The number of nitrogens with one attached hydrogen (secondary N) is 1. The van der Waals surface area contributed by atoms with Crippen LogP contribution in [0.1, 0.15) is 19.3 Å². The molecule has 1 unspecified atom stereocenters. The van der Waals surface area contributed by atoms with Crippen molar-refractivity contribution in [2.75, 3.05) is 6.54 Å². The van der Waals surface area contributed by atoms with E-state index in [-0.39, 0.29) is 5.56 Å². The molecule has 5 heteroatoms. The fourth-order valence-corrected chi connectivity index (χ4v) is 2.43. The summed E-state index contributed by atoms with van der Waals surface area (Å²) in [6.45, 7) is 1.66. The largest absolute Gasteiger partial charge is 0.312 e. The fraction of sp³-hybridized carbons (Fsp3) is 0.462. The molecular formula is C13H16N4O. The molecule has 0 aromatic carbocycles. The van der Waals surface area contributed by atoms with Gasteiger partial charge < -0.3 is 5.32 Å². The van der Waals surface area contributed by atoms with Crippen LogP contribution in [0.3, 0.4) is 0 Å². The van der Waals surface area contributed by atoms with Gasteiger partial charge in [-0.1, -0.05) is 6.42 Å². The monoisotopic (exact) mass is 244 g/mol. The first kappa shape index (κ1) is 11.3. The van der Waals surface area contributed by atoms with E-state index in [0.717, 1.165) is 18.4 Å². The highest BCUT2D eigenvalue weighted by Gasteiger charge is 2.15. The molecule has 0 saturated carbocycles. The molecule has 94 valence electrons. The summed E-state index contributed by atoms with van der Waals surface area (Å²) in [6.07, 6.45) is 6.91. The molecule has 0 amide bonds. The van der Waals surface area contributed by atoms with Crippen LogP contribution in [0, 0.1) is 0 Å². The average molecular weight is 244 g/mol. The topological polar surface area (TPSA) is 59.8 Å². The van der Waals surface area contributed by atoms with Crippen LogP contribution in [0.4, 0.5) is 0 Å². The van der Waals surface area contributed by atoms with Crippen molar-refractivity contribution in [1.29, 1.82) is 0 Å². The van der Waals surface area contributed by atoms with Crippen molar-refractivity contribution in [3.63, 3.8) is 0 Å². The van der Waals surface area contributed by atoms with E-state index in [9.17, 15) is 4.79 Å². The van der Waals surface area contributed by atoms with Crippen LogP contribution in [0.2, 0.25) is 0 Å². The average Bonchev–Trinajstić information content (AvgIpc) is 2.43. The van der Waals surface area contributed by atoms with Crippen LogP contribution < -0.4 is 10.9 Å². The second-order valence-electron chi connectivity index (χ2n) is 4.72. The molecular weight excluding hydrogens is 228 g/mol. The van der Waals surface area contributed by atoms with E-state index >= 15 is 0 Å². The lowest BCUT2D eigenvalue weighted by Crippen LogP contribution is -2.40. The number of pyridine rings is 1. The number of rotatable bonds is 2. The molecule has 0 spiro atoms. The number of fused-ring (bicyclic) bond motifs is 1. The van der Waals surface area contributed by atoms with Crippen LogP contribution >= 0.6 is 0 Å². The van der Waals surface area contributed by atoms with Gasteiger partial charge in [0.25, 0.3) is 5.56 Å². The quantitative estimate of drug-likeness (QED) is 0.854. The third kappa shape index (κ3) is 2.13. The van der Waals surface area contributed by atoms with Crippen LogP contribution in [-0.4, -0.2) is 27.4 Å². The molecule has 2 aromatic heterocycles. The Balaban J connectivity index is 1.92.